The van der Waals surface area contributed by atoms with Gasteiger partial charge in [0.05, 0.1) is 23.9 Å². The van der Waals surface area contributed by atoms with Crippen molar-refractivity contribution in [3.05, 3.63) is 29.8 Å². The average Bonchev–Trinajstić information content (AvgIpc) is 2.54. The van der Waals surface area contributed by atoms with Crippen LogP contribution in [0.25, 0.3) is 5.57 Å². The van der Waals surface area contributed by atoms with Crippen LogP contribution in [0, 0.1) is 0 Å². The van der Waals surface area contributed by atoms with Crippen molar-refractivity contribution in [2.75, 3.05) is 12.4 Å². The summed E-state index contributed by atoms with van der Waals surface area (Å²) in [5, 5.41) is 11.3. The summed E-state index contributed by atoms with van der Waals surface area (Å²) < 4.78 is 5.09. The zero-order chi connectivity index (χ0) is 11.7. The summed E-state index contributed by atoms with van der Waals surface area (Å²) in [5.41, 5.74) is 1.18. The summed E-state index contributed by atoms with van der Waals surface area (Å²) in [6.07, 6.45) is 0.879. The van der Waals surface area contributed by atoms with Gasteiger partial charge >= 0.3 is 5.97 Å². The van der Waals surface area contributed by atoms with Crippen molar-refractivity contribution < 1.29 is 19.4 Å². The standard InChI is InChI=1S/C11H9NO4/c1-16-8-4-2-3-7-10(8)6(5-9(13)14)11(15)12-7/h2-5H,1H3,(H,12,15)(H,13,14)/b6-5-. The summed E-state index contributed by atoms with van der Waals surface area (Å²) in [6.45, 7) is 0. The van der Waals surface area contributed by atoms with E-state index in [2.05, 4.69) is 5.32 Å². The van der Waals surface area contributed by atoms with Crippen molar-refractivity contribution in [3.63, 3.8) is 0 Å². The van der Waals surface area contributed by atoms with E-state index in [0.717, 1.165) is 6.08 Å². The molecule has 0 atom stereocenters. The molecule has 1 aliphatic rings. The summed E-state index contributed by atoms with van der Waals surface area (Å²) in [7, 11) is 1.47. The maximum atomic E-state index is 11.5. The Labute approximate surface area is 91.3 Å². The van der Waals surface area contributed by atoms with Crippen LogP contribution in [0.4, 0.5) is 5.69 Å². The minimum Gasteiger partial charge on any atom is -0.496 e. The lowest BCUT2D eigenvalue weighted by atomic mass is 10.1. The molecule has 0 bridgehead atoms. The first-order valence-corrected chi connectivity index (χ1v) is 4.57. The van der Waals surface area contributed by atoms with E-state index in [9.17, 15) is 9.59 Å². The SMILES string of the molecule is COc1cccc2c1/C(=C/C(=O)O)C(=O)N2. The maximum Gasteiger partial charge on any atom is 0.329 e. The van der Waals surface area contributed by atoms with Crippen LogP contribution in [0.5, 0.6) is 5.75 Å². The Bertz CT molecular complexity index is 505. The van der Waals surface area contributed by atoms with Gasteiger partial charge in [0, 0.05) is 6.08 Å². The van der Waals surface area contributed by atoms with E-state index in [-0.39, 0.29) is 5.57 Å². The van der Waals surface area contributed by atoms with Crippen LogP contribution < -0.4 is 10.1 Å². The molecule has 0 unspecified atom stereocenters. The van der Waals surface area contributed by atoms with Crippen LogP contribution in [0.2, 0.25) is 0 Å². The van der Waals surface area contributed by atoms with Gasteiger partial charge in [0.2, 0.25) is 0 Å². The van der Waals surface area contributed by atoms with Crippen molar-refractivity contribution >= 4 is 23.1 Å². The molecule has 0 aromatic heterocycles. The molecule has 1 amide bonds. The molecule has 1 aromatic carbocycles. The number of amides is 1. The van der Waals surface area contributed by atoms with Crippen LogP contribution in [0.1, 0.15) is 5.56 Å². The Morgan fingerprint density at radius 1 is 1.50 bits per heavy atom. The van der Waals surface area contributed by atoms with Crippen molar-refractivity contribution in [3.8, 4) is 5.75 Å². The molecule has 0 aliphatic carbocycles. The molecule has 16 heavy (non-hydrogen) atoms. The molecule has 0 saturated heterocycles. The van der Waals surface area contributed by atoms with E-state index < -0.39 is 11.9 Å². The molecule has 0 spiro atoms. The first kappa shape index (κ1) is 10.2. The van der Waals surface area contributed by atoms with E-state index in [0.29, 0.717) is 17.0 Å². The molecule has 82 valence electrons. The highest BCUT2D eigenvalue weighted by Crippen LogP contribution is 2.38. The smallest absolute Gasteiger partial charge is 0.329 e. The first-order chi connectivity index (χ1) is 7.63. The van der Waals surface area contributed by atoms with Crippen molar-refractivity contribution in [2.45, 2.75) is 0 Å². The van der Waals surface area contributed by atoms with E-state index >= 15 is 0 Å². The predicted octanol–water partition coefficient (Wildman–Crippen LogP) is 1.12. The number of hydrogen-bond donors (Lipinski definition) is 2. The van der Waals surface area contributed by atoms with Gasteiger partial charge in [-0.3, -0.25) is 4.79 Å². The highest BCUT2D eigenvalue weighted by molar-refractivity contribution is 6.34. The molecule has 1 heterocycles. The highest BCUT2D eigenvalue weighted by atomic mass is 16.5. The summed E-state index contributed by atoms with van der Waals surface area (Å²) in [6, 6.07) is 5.09. The minimum absolute atomic E-state index is 0.111. The molecular formula is C11H9NO4. The number of carboxylic acid groups (broad SMARTS) is 1. The molecule has 2 N–H and O–H groups in total. The third kappa shape index (κ3) is 1.52. The van der Waals surface area contributed by atoms with Crippen LogP contribution in [0.3, 0.4) is 0 Å². The number of anilines is 1. The van der Waals surface area contributed by atoms with Crippen LogP contribution in [-0.2, 0) is 9.59 Å². The maximum absolute atomic E-state index is 11.5. The van der Waals surface area contributed by atoms with E-state index in [1.54, 1.807) is 18.2 Å². The van der Waals surface area contributed by atoms with Crippen LogP contribution in [0.15, 0.2) is 24.3 Å². The van der Waals surface area contributed by atoms with Crippen LogP contribution >= 0.6 is 0 Å². The third-order valence-electron chi connectivity index (χ3n) is 2.28. The number of fused-ring (bicyclic) bond motifs is 1. The fourth-order valence-electron chi connectivity index (χ4n) is 1.65. The van der Waals surface area contributed by atoms with E-state index in [4.69, 9.17) is 9.84 Å². The van der Waals surface area contributed by atoms with Crippen molar-refractivity contribution in [1.29, 1.82) is 0 Å². The molecule has 0 saturated carbocycles. The molecule has 0 fully saturated rings. The van der Waals surface area contributed by atoms with Gasteiger partial charge in [-0.25, -0.2) is 4.79 Å². The minimum atomic E-state index is -1.16. The van der Waals surface area contributed by atoms with Gasteiger partial charge in [0.1, 0.15) is 5.75 Å². The largest absolute Gasteiger partial charge is 0.496 e. The summed E-state index contributed by atoms with van der Waals surface area (Å²) >= 11 is 0. The molecule has 2 rings (SSSR count). The second kappa shape index (κ2) is 3.69. The fraction of sp³-hybridized carbons (Fsp3) is 0.0909. The quantitative estimate of drug-likeness (QED) is 0.731. The number of carbonyl (C=O) groups is 2. The normalized spacial score (nSPS) is 15.8. The number of carboxylic acids is 1. The number of hydrogen-bond acceptors (Lipinski definition) is 3. The Morgan fingerprint density at radius 3 is 2.88 bits per heavy atom. The first-order valence-electron chi connectivity index (χ1n) is 4.57. The van der Waals surface area contributed by atoms with E-state index in [1.165, 1.54) is 7.11 Å². The third-order valence-corrected chi connectivity index (χ3v) is 2.28. The lowest BCUT2D eigenvalue weighted by Gasteiger charge is -2.05. The van der Waals surface area contributed by atoms with Gasteiger partial charge in [-0.05, 0) is 12.1 Å². The molecule has 1 aromatic rings. The van der Waals surface area contributed by atoms with Crippen molar-refractivity contribution in [1.82, 2.24) is 0 Å². The Balaban J connectivity index is 2.63. The number of methoxy groups -OCH3 is 1. The molecular weight excluding hydrogens is 210 g/mol. The number of benzene rings is 1. The number of carbonyl (C=O) groups excluding carboxylic acids is 1. The molecule has 0 radical (unpaired) electrons. The number of rotatable bonds is 2. The lowest BCUT2D eigenvalue weighted by molar-refractivity contribution is -0.131. The number of nitrogens with one attached hydrogen (secondary N) is 1. The Morgan fingerprint density at radius 2 is 2.25 bits per heavy atom. The Kier molecular flexibility index (Phi) is 2.36. The zero-order valence-electron chi connectivity index (χ0n) is 8.48. The predicted molar refractivity (Wildman–Crippen MR) is 57.2 cm³/mol. The lowest BCUT2D eigenvalue weighted by Crippen LogP contribution is -2.05. The van der Waals surface area contributed by atoms with Gasteiger partial charge in [-0.15, -0.1) is 0 Å². The second-order valence-electron chi connectivity index (χ2n) is 3.23. The van der Waals surface area contributed by atoms with Crippen molar-refractivity contribution in [2.24, 2.45) is 0 Å². The number of aliphatic carboxylic acids is 1. The molecule has 5 heteroatoms. The number of ether oxygens (including phenoxy) is 1. The van der Waals surface area contributed by atoms with Gasteiger partial charge in [-0.1, -0.05) is 6.07 Å². The van der Waals surface area contributed by atoms with Crippen LogP contribution in [-0.4, -0.2) is 24.1 Å². The highest BCUT2D eigenvalue weighted by Gasteiger charge is 2.28. The van der Waals surface area contributed by atoms with E-state index in [1.807, 2.05) is 0 Å². The van der Waals surface area contributed by atoms with Gasteiger partial charge in [0.25, 0.3) is 5.91 Å². The monoisotopic (exact) mass is 219 g/mol. The molecule has 5 nitrogen and oxygen atoms in total. The van der Waals surface area contributed by atoms with Gasteiger partial charge in [-0.2, -0.15) is 0 Å². The Hall–Kier alpha value is -2.30. The van der Waals surface area contributed by atoms with Gasteiger partial charge in [0.15, 0.2) is 0 Å². The zero-order valence-corrected chi connectivity index (χ0v) is 8.48. The topological polar surface area (TPSA) is 75.6 Å². The summed E-state index contributed by atoms with van der Waals surface area (Å²) in [4.78, 5) is 22.1. The second-order valence-corrected chi connectivity index (χ2v) is 3.23. The fourth-order valence-corrected chi connectivity index (χ4v) is 1.65. The van der Waals surface area contributed by atoms with Gasteiger partial charge < -0.3 is 15.2 Å². The average molecular weight is 219 g/mol. The molecule has 1 aliphatic heterocycles. The summed E-state index contributed by atoms with van der Waals surface area (Å²) in [5.74, 6) is -1.12.